The standard InChI is InChI=1S/C17H24O3/c1-2-3-4-8-11-16(19)12-17(13-18)20-14-15-9-6-5-7-10-15/h5-7,9-10,13,17H,2-4,8,11-12,14H2,1H3/t17-/m0/s1. The highest BCUT2D eigenvalue weighted by Crippen LogP contribution is 2.09. The Kier molecular flexibility index (Phi) is 8.56. The third-order valence-electron chi connectivity index (χ3n) is 3.20. The van der Waals surface area contributed by atoms with Crippen molar-refractivity contribution in [2.75, 3.05) is 0 Å². The van der Waals surface area contributed by atoms with Gasteiger partial charge in [-0.3, -0.25) is 4.79 Å². The molecular weight excluding hydrogens is 252 g/mol. The second-order valence-electron chi connectivity index (χ2n) is 5.02. The molecule has 20 heavy (non-hydrogen) atoms. The first-order chi connectivity index (χ1) is 9.76. The Bertz CT molecular complexity index is 386. The molecule has 0 fully saturated rings. The molecule has 0 amide bonds. The molecule has 0 aliphatic carbocycles. The van der Waals surface area contributed by atoms with Crippen molar-refractivity contribution in [1.82, 2.24) is 0 Å². The van der Waals surface area contributed by atoms with Gasteiger partial charge in [0.05, 0.1) is 6.61 Å². The van der Waals surface area contributed by atoms with Gasteiger partial charge in [-0.25, -0.2) is 0 Å². The largest absolute Gasteiger partial charge is 0.366 e. The van der Waals surface area contributed by atoms with Crippen molar-refractivity contribution in [3.63, 3.8) is 0 Å². The van der Waals surface area contributed by atoms with Crippen LogP contribution in [0.5, 0.6) is 0 Å². The first kappa shape index (κ1) is 16.6. The van der Waals surface area contributed by atoms with Crippen LogP contribution in [0.1, 0.15) is 51.0 Å². The molecule has 0 aliphatic heterocycles. The highest BCUT2D eigenvalue weighted by molar-refractivity contribution is 5.81. The van der Waals surface area contributed by atoms with Crippen LogP contribution in [0.4, 0.5) is 0 Å². The third-order valence-corrected chi connectivity index (χ3v) is 3.20. The molecule has 0 radical (unpaired) electrons. The minimum absolute atomic E-state index is 0.117. The molecule has 0 spiro atoms. The molecule has 3 nitrogen and oxygen atoms in total. The molecule has 1 rings (SSSR count). The number of hydrogen-bond acceptors (Lipinski definition) is 3. The summed E-state index contributed by atoms with van der Waals surface area (Å²) in [5.74, 6) is 0.117. The monoisotopic (exact) mass is 276 g/mol. The molecule has 0 N–H and O–H groups in total. The van der Waals surface area contributed by atoms with Crippen LogP contribution in [0.25, 0.3) is 0 Å². The van der Waals surface area contributed by atoms with Gasteiger partial charge in [0.2, 0.25) is 0 Å². The maximum absolute atomic E-state index is 11.7. The van der Waals surface area contributed by atoms with Gasteiger partial charge >= 0.3 is 0 Å². The van der Waals surface area contributed by atoms with Crippen LogP contribution in [-0.2, 0) is 20.9 Å². The Morgan fingerprint density at radius 2 is 1.95 bits per heavy atom. The fraction of sp³-hybridized carbons (Fsp3) is 0.529. The van der Waals surface area contributed by atoms with Gasteiger partial charge in [0.15, 0.2) is 0 Å². The number of ketones is 1. The molecule has 0 heterocycles. The summed E-state index contributed by atoms with van der Waals surface area (Å²) < 4.78 is 5.49. The first-order valence-electron chi connectivity index (χ1n) is 7.38. The first-order valence-corrected chi connectivity index (χ1v) is 7.38. The molecule has 0 bridgehead atoms. The number of benzene rings is 1. The minimum Gasteiger partial charge on any atom is -0.366 e. The molecular formula is C17H24O3. The summed E-state index contributed by atoms with van der Waals surface area (Å²) in [5, 5.41) is 0. The predicted molar refractivity (Wildman–Crippen MR) is 79.5 cm³/mol. The van der Waals surface area contributed by atoms with E-state index >= 15 is 0 Å². The number of rotatable bonds is 11. The number of unbranched alkanes of at least 4 members (excludes halogenated alkanes) is 3. The van der Waals surface area contributed by atoms with Crippen molar-refractivity contribution in [1.29, 1.82) is 0 Å². The second-order valence-corrected chi connectivity index (χ2v) is 5.02. The highest BCUT2D eigenvalue weighted by Gasteiger charge is 2.13. The van der Waals surface area contributed by atoms with Crippen molar-refractivity contribution in [2.45, 2.75) is 58.2 Å². The summed E-state index contributed by atoms with van der Waals surface area (Å²) in [5.41, 5.74) is 1.01. The van der Waals surface area contributed by atoms with E-state index < -0.39 is 6.10 Å². The Labute approximate surface area is 121 Å². The van der Waals surface area contributed by atoms with Gasteiger partial charge in [-0.1, -0.05) is 56.5 Å². The van der Waals surface area contributed by atoms with E-state index in [2.05, 4.69) is 6.92 Å². The van der Waals surface area contributed by atoms with Crippen molar-refractivity contribution >= 4 is 12.1 Å². The van der Waals surface area contributed by atoms with E-state index in [9.17, 15) is 9.59 Å². The molecule has 3 heteroatoms. The van der Waals surface area contributed by atoms with Crippen LogP contribution in [0.15, 0.2) is 30.3 Å². The number of aldehydes is 1. The van der Waals surface area contributed by atoms with Gasteiger partial charge in [0, 0.05) is 12.8 Å². The van der Waals surface area contributed by atoms with E-state index in [4.69, 9.17) is 4.74 Å². The van der Waals surface area contributed by atoms with Crippen LogP contribution in [-0.4, -0.2) is 18.2 Å². The van der Waals surface area contributed by atoms with Gasteiger partial charge in [-0.15, -0.1) is 0 Å². The Hall–Kier alpha value is -1.48. The predicted octanol–water partition coefficient (Wildman–Crippen LogP) is 3.70. The Balaban J connectivity index is 2.25. The van der Waals surface area contributed by atoms with Crippen LogP contribution in [0.2, 0.25) is 0 Å². The van der Waals surface area contributed by atoms with Crippen LogP contribution in [0, 0.1) is 0 Å². The average molecular weight is 276 g/mol. The maximum atomic E-state index is 11.7. The van der Waals surface area contributed by atoms with Crippen LogP contribution < -0.4 is 0 Å². The minimum atomic E-state index is -0.617. The lowest BCUT2D eigenvalue weighted by atomic mass is 10.1. The zero-order valence-corrected chi connectivity index (χ0v) is 12.2. The molecule has 0 saturated heterocycles. The normalized spacial score (nSPS) is 12.1. The van der Waals surface area contributed by atoms with Crippen LogP contribution in [0.3, 0.4) is 0 Å². The molecule has 1 aromatic rings. The Morgan fingerprint density at radius 3 is 2.60 bits per heavy atom. The maximum Gasteiger partial charge on any atom is 0.149 e. The quantitative estimate of drug-likeness (QED) is 0.457. The summed E-state index contributed by atoms with van der Waals surface area (Å²) in [6.07, 6.45) is 5.18. The topological polar surface area (TPSA) is 43.4 Å². The summed E-state index contributed by atoms with van der Waals surface area (Å²) >= 11 is 0. The summed E-state index contributed by atoms with van der Waals surface area (Å²) in [6.45, 7) is 2.51. The van der Waals surface area contributed by atoms with E-state index in [-0.39, 0.29) is 12.2 Å². The molecule has 110 valence electrons. The fourth-order valence-electron chi connectivity index (χ4n) is 2.00. The van der Waals surface area contributed by atoms with Crippen molar-refractivity contribution in [3.05, 3.63) is 35.9 Å². The molecule has 0 aromatic heterocycles. The Morgan fingerprint density at radius 1 is 1.20 bits per heavy atom. The molecule has 1 aromatic carbocycles. The SMILES string of the molecule is CCCCCCC(=O)C[C@@H](C=O)OCc1ccccc1. The summed E-state index contributed by atoms with van der Waals surface area (Å²) in [7, 11) is 0. The van der Waals surface area contributed by atoms with Gasteiger partial charge in [-0.2, -0.15) is 0 Å². The van der Waals surface area contributed by atoms with E-state index in [0.717, 1.165) is 37.5 Å². The van der Waals surface area contributed by atoms with Crippen molar-refractivity contribution < 1.29 is 14.3 Å². The lowest BCUT2D eigenvalue weighted by Gasteiger charge is -2.11. The molecule has 1 atom stereocenters. The molecule has 0 saturated carbocycles. The summed E-state index contributed by atoms with van der Waals surface area (Å²) in [6, 6.07) is 9.66. The average Bonchev–Trinajstić information content (AvgIpc) is 2.49. The van der Waals surface area contributed by atoms with Gasteiger partial charge < -0.3 is 9.53 Å². The van der Waals surface area contributed by atoms with E-state index in [0.29, 0.717) is 13.0 Å². The van der Waals surface area contributed by atoms with Gasteiger partial charge in [0.25, 0.3) is 0 Å². The van der Waals surface area contributed by atoms with E-state index in [1.807, 2.05) is 30.3 Å². The highest BCUT2D eigenvalue weighted by atomic mass is 16.5. The zero-order chi connectivity index (χ0) is 14.6. The van der Waals surface area contributed by atoms with E-state index in [1.54, 1.807) is 0 Å². The number of carbonyl (C=O) groups is 2. The third kappa shape index (κ3) is 7.19. The van der Waals surface area contributed by atoms with Gasteiger partial charge in [0.1, 0.15) is 18.2 Å². The number of carbonyl (C=O) groups excluding carboxylic acids is 2. The van der Waals surface area contributed by atoms with Crippen molar-refractivity contribution in [2.24, 2.45) is 0 Å². The molecule has 0 unspecified atom stereocenters. The molecule has 0 aliphatic rings. The number of hydrogen-bond donors (Lipinski definition) is 0. The van der Waals surface area contributed by atoms with Crippen molar-refractivity contribution in [3.8, 4) is 0 Å². The summed E-state index contributed by atoms with van der Waals surface area (Å²) in [4.78, 5) is 22.7. The van der Waals surface area contributed by atoms with Gasteiger partial charge in [-0.05, 0) is 12.0 Å². The second kappa shape index (κ2) is 10.3. The lowest BCUT2D eigenvalue weighted by molar-refractivity contribution is -0.128. The number of ether oxygens (including phenoxy) is 1. The fourth-order valence-corrected chi connectivity index (χ4v) is 2.00. The zero-order valence-electron chi connectivity index (χ0n) is 12.2. The van der Waals surface area contributed by atoms with E-state index in [1.165, 1.54) is 0 Å². The number of Topliss-reactive ketones (excluding diaryl/α,β-unsaturated/α-hetero) is 1. The van der Waals surface area contributed by atoms with Crippen LogP contribution >= 0.6 is 0 Å². The smallest absolute Gasteiger partial charge is 0.149 e. The lowest BCUT2D eigenvalue weighted by Crippen LogP contribution is -2.19.